The largest absolute Gasteiger partial charge is 0.374 e. The van der Waals surface area contributed by atoms with Crippen LogP contribution in [0.15, 0.2) is 0 Å². The molecule has 1 atom stereocenters. The summed E-state index contributed by atoms with van der Waals surface area (Å²) in [5, 5.41) is 0. The average Bonchev–Trinajstić information content (AvgIpc) is 2.21. The Balaban J connectivity index is 3.05. The minimum Gasteiger partial charge on any atom is -0.374 e. The molecule has 1 fully saturated rings. The lowest BCUT2D eigenvalue weighted by atomic mass is 9.81. The smallest absolute Gasteiger partial charge is 0.286 e. The van der Waals surface area contributed by atoms with Crippen LogP contribution < -0.4 is 0 Å². The van der Waals surface area contributed by atoms with Gasteiger partial charge in [-0.25, -0.2) is 8.78 Å². The van der Waals surface area contributed by atoms with Gasteiger partial charge < -0.3 is 4.74 Å². The van der Waals surface area contributed by atoms with Crippen molar-refractivity contribution in [3.05, 3.63) is 0 Å². The topological polar surface area (TPSA) is 12.5 Å². The molecule has 0 saturated carbocycles. The second-order valence-electron chi connectivity index (χ2n) is 5.91. The fourth-order valence-electron chi connectivity index (χ4n) is 2.52. The summed E-state index contributed by atoms with van der Waals surface area (Å²) in [5.41, 5.74) is -0.457. The molecule has 0 N–H and O–H groups in total. The molecule has 0 radical (unpaired) electrons. The first kappa shape index (κ1) is 13.8. The second-order valence-corrected chi connectivity index (χ2v) is 5.91. The molecular weight excluding hydrogens is 212 g/mol. The molecule has 4 heteroatoms. The van der Waals surface area contributed by atoms with E-state index in [1.165, 1.54) is 0 Å². The van der Waals surface area contributed by atoms with Crippen LogP contribution in [0.25, 0.3) is 0 Å². The van der Waals surface area contributed by atoms with Crippen molar-refractivity contribution in [1.82, 2.24) is 4.90 Å². The molecule has 0 aromatic heterocycles. The summed E-state index contributed by atoms with van der Waals surface area (Å²) in [6, 6.07) is -0.653. The highest BCUT2D eigenvalue weighted by molar-refractivity contribution is 4.96. The van der Waals surface area contributed by atoms with Crippen LogP contribution in [0.4, 0.5) is 8.78 Å². The van der Waals surface area contributed by atoms with Crippen molar-refractivity contribution in [2.75, 3.05) is 19.8 Å². The molecule has 0 amide bonds. The van der Waals surface area contributed by atoms with Crippen molar-refractivity contribution >= 4 is 0 Å². The molecule has 0 aromatic rings. The molecule has 1 saturated heterocycles. The van der Waals surface area contributed by atoms with Gasteiger partial charge in [-0.2, -0.15) is 0 Å². The van der Waals surface area contributed by atoms with Gasteiger partial charge in [0.15, 0.2) is 0 Å². The van der Waals surface area contributed by atoms with Crippen molar-refractivity contribution < 1.29 is 13.5 Å². The Morgan fingerprint density at radius 2 is 1.88 bits per heavy atom. The van der Waals surface area contributed by atoms with Gasteiger partial charge in [0.2, 0.25) is 0 Å². The molecule has 1 rings (SSSR count). The minimum atomic E-state index is -2.78. The van der Waals surface area contributed by atoms with Gasteiger partial charge in [-0.3, -0.25) is 4.90 Å². The van der Waals surface area contributed by atoms with Gasteiger partial charge in [0.05, 0.1) is 12.6 Å². The van der Waals surface area contributed by atoms with Crippen LogP contribution in [0.5, 0.6) is 0 Å². The number of hydrogen-bond donors (Lipinski definition) is 0. The number of nitrogens with zero attached hydrogens (tertiary/aromatic N) is 1. The fraction of sp³-hybridized carbons (Fsp3) is 1.00. The van der Waals surface area contributed by atoms with E-state index in [1.54, 1.807) is 0 Å². The Morgan fingerprint density at radius 1 is 1.31 bits per heavy atom. The maximum atomic E-state index is 14.1. The molecule has 0 spiro atoms. The molecule has 1 unspecified atom stereocenters. The highest BCUT2D eigenvalue weighted by atomic mass is 19.3. The Kier molecular flexibility index (Phi) is 3.95. The quantitative estimate of drug-likeness (QED) is 0.693. The monoisotopic (exact) mass is 235 g/mol. The van der Waals surface area contributed by atoms with Gasteiger partial charge >= 0.3 is 0 Å². The van der Waals surface area contributed by atoms with E-state index in [-0.39, 0.29) is 6.04 Å². The Bertz CT molecular complexity index is 236. The second kappa shape index (κ2) is 4.57. The third-order valence-corrected chi connectivity index (χ3v) is 3.00. The third-order valence-electron chi connectivity index (χ3n) is 3.00. The van der Waals surface area contributed by atoms with E-state index in [4.69, 9.17) is 4.74 Å². The standard InChI is InChI=1S/C12H23F2NO/c1-9(2)15-6-7-16-8-12(13,14)10(15)11(3,4)5/h9-10H,6-8H2,1-5H3. The highest BCUT2D eigenvalue weighted by Crippen LogP contribution is 2.38. The van der Waals surface area contributed by atoms with Crippen LogP contribution in [0, 0.1) is 5.41 Å². The zero-order chi connectivity index (χ0) is 12.6. The van der Waals surface area contributed by atoms with E-state index in [1.807, 2.05) is 39.5 Å². The molecule has 1 aliphatic rings. The Morgan fingerprint density at radius 3 is 2.31 bits per heavy atom. The molecule has 1 aliphatic heterocycles. The van der Waals surface area contributed by atoms with Gasteiger partial charge in [0.1, 0.15) is 6.61 Å². The fourth-order valence-corrected chi connectivity index (χ4v) is 2.52. The maximum Gasteiger partial charge on any atom is 0.286 e. The third kappa shape index (κ3) is 2.92. The minimum absolute atomic E-state index is 0.108. The van der Waals surface area contributed by atoms with Crippen molar-refractivity contribution in [2.24, 2.45) is 5.41 Å². The van der Waals surface area contributed by atoms with E-state index in [0.717, 1.165) is 0 Å². The summed E-state index contributed by atoms with van der Waals surface area (Å²) in [6.45, 7) is 10.0. The molecule has 1 heterocycles. The van der Waals surface area contributed by atoms with Gasteiger partial charge in [0.25, 0.3) is 5.92 Å². The van der Waals surface area contributed by atoms with Gasteiger partial charge in [0, 0.05) is 12.6 Å². The van der Waals surface area contributed by atoms with Crippen LogP contribution in [0.2, 0.25) is 0 Å². The van der Waals surface area contributed by atoms with Crippen molar-refractivity contribution in [3.8, 4) is 0 Å². The lowest BCUT2D eigenvalue weighted by molar-refractivity contribution is -0.138. The van der Waals surface area contributed by atoms with Crippen molar-refractivity contribution in [3.63, 3.8) is 0 Å². The molecule has 96 valence electrons. The normalized spacial score (nSPS) is 28.1. The summed E-state index contributed by atoms with van der Waals surface area (Å²) in [5.74, 6) is -2.78. The molecule has 16 heavy (non-hydrogen) atoms. The molecule has 0 aliphatic carbocycles. The van der Waals surface area contributed by atoms with Gasteiger partial charge in [-0.05, 0) is 19.3 Å². The van der Waals surface area contributed by atoms with Crippen molar-refractivity contribution in [1.29, 1.82) is 0 Å². The predicted molar refractivity (Wildman–Crippen MR) is 60.9 cm³/mol. The van der Waals surface area contributed by atoms with E-state index < -0.39 is 24.0 Å². The Hall–Kier alpha value is -0.220. The zero-order valence-electron chi connectivity index (χ0n) is 10.9. The van der Waals surface area contributed by atoms with Crippen LogP contribution in [-0.4, -0.2) is 42.7 Å². The number of hydrogen-bond acceptors (Lipinski definition) is 2. The first-order valence-electron chi connectivity index (χ1n) is 5.87. The van der Waals surface area contributed by atoms with Crippen LogP contribution in [0.3, 0.4) is 0 Å². The molecule has 0 aromatic carbocycles. The van der Waals surface area contributed by atoms with E-state index in [0.29, 0.717) is 13.2 Å². The number of rotatable bonds is 1. The highest BCUT2D eigenvalue weighted by Gasteiger charge is 2.51. The molecule has 2 nitrogen and oxygen atoms in total. The summed E-state index contributed by atoms with van der Waals surface area (Å²) in [6.07, 6.45) is 0. The predicted octanol–water partition coefficient (Wildman–Crippen LogP) is 2.78. The maximum absolute atomic E-state index is 14.1. The van der Waals surface area contributed by atoms with E-state index in [9.17, 15) is 8.78 Å². The van der Waals surface area contributed by atoms with Crippen molar-refractivity contribution in [2.45, 2.75) is 52.6 Å². The van der Waals surface area contributed by atoms with E-state index in [2.05, 4.69) is 0 Å². The molecular formula is C12H23F2NO. The molecule has 0 bridgehead atoms. The van der Waals surface area contributed by atoms with Crippen LogP contribution >= 0.6 is 0 Å². The number of halogens is 2. The van der Waals surface area contributed by atoms with E-state index >= 15 is 0 Å². The lowest BCUT2D eigenvalue weighted by Gasteiger charge is -2.44. The van der Waals surface area contributed by atoms with Crippen LogP contribution in [0.1, 0.15) is 34.6 Å². The number of alkyl halides is 2. The summed E-state index contributed by atoms with van der Waals surface area (Å²) < 4.78 is 33.2. The van der Waals surface area contributed by atoms with Gasteiger partial charge in [-0.1, -0.05) is 20.8 Å². The van der Waals surface area contributed by atoms with Gasteiger partial charge in [-0.15, -0.1) is 0 Å². The summed E-state index contributed by atoms with van der Waals surface area (Å²) in [4.78, 5) is 1.87. The first-order valence-corrected chi connectivity index (χ1v) is 5.87. The first-order chi connectivity index (χ1) is 7.16. The average molecular weight is 235 g/mol. The zero-order valence-corrected chi connectivity index (χ0v) is 10.9. The lowest BCUT2D eigenvalue weighted by Crippen LogP contribution is -2.57. The Labute approximate surface area is 97.0 Å². The summed E-state index contributed by atoms with van der Waals surface area (Å²) in [7, 11) is 0. The number of ether oxygens (including phenoxy) is 1. The summed E-state index contributed by atoms with van der Waals surface area (Å²) >= 11 is 0. The van der Waals surface area contributed by atoms with Crippen LogP contribution in [-0.2, 0) is 4.74 Å². The SMILES string of the molecule is CC(C)N1CCOCC(F)(F)C1C(C)(C)C.